The Hall–Kier alpha value is -12.0. The average Bonchev–Trinajstić information content (AvgIpc) is 0.750. The van der Waals surface area contributed by atoms with Gasteiger partial charge in [-0.25, -0.2) is 4.79 Å². The largest absolute Gasteiger partial charge is 0.469 e. The SMILES string of the molecule is COC(=O)CCCCCO[C@H]1O[C@H](COCc2ccccc2)[C@@H](OCc2ccccc2)[C@H](OCc2ccccc2)[C@@H]1O[C@H]1O[C@H](COCc2ccccc2)[C@@H](OCc2ccccc2)[C@H](OCc2ccccc2)[C@@H]1O[C@H]1O[C@H](COCc2ccccc2)[C@@H](OCc2ccccc2)[C@H](OCc2ccccc2)[C@@H]1O[C@H]1O[C@H](COCc2ccccc2)[C@@H](OCc2ccccc2)[C@H](OCc2ccccc2)[C@@H]1OC(=O)c1ccccc1. The van der Waals surface area contributed by atoms with Crippen LogP contribution in [0.15, 0.2) is 394 Å². The van der Waals surface area contributed by atoms with Gasteiger partial charge in [0.05, 0.1) is 118 Å². The summed E-state index contributed by atoms with van der Waals surface area (Å²) in [5.41, 5.74) is 10.4. The molecule has 0 aromatic heterocycles. The summed E-state index contributed by atoms with van der Waals surface area (Å²) < 4.78 is 164. The minimum atomic E-state index is -1.74. The Kier molecular flexibility index (Phi) is 41.4. The predicted molar refractivity (Wildman–Crippen MR) is 546 cm³/mol. The van der Waals surface area contributed by atoms with Gasteiger partial charge in [0.2, 0.25) is 0 Å². The van der Waals surface area contributed by atoms with Crippen LogP contribution in [0, 0.1) is 0 Å². The van der Waals surface area contributed by atoms with Crippen molar-refractivity contribution >= 4 is 11.9 Å². The van der Waals surface area contributed by atoms with Crippen LogP contribution in [0.25, 0.3) is 0 Å². The molecule has 0 aliphatic carbocycles. The third-order valence-corrected chi connectivity index (χ3v) is 25.9. The second-order valence-electron chi connectivity index (χ2n) is 36.6. The lowest BCUT2D eigenvalue weighted by Crippen LogP contribution is -2.69. The smallest absolute Gasteiger partial charge is 0.338 e. The molecular formula is C122H130O24. The number of esters is 2. The number of ether oxygens (including phenoxy) is 22. The van der Waals surface area contributed by atoms with Gasteiger partial charge in [0.15, 0.2) is 31.3 Å². The van der Waals surface area contributed by atoms with Crippen LogP contribution < -0.4 is 0 Å². The van der Waals surface area contributed by atoms with Crippen molar-refractivity contribution in [2.45, 2.75) is 228 Å². The monoisotopic (exact) mass is 1980 g/mol. The van der Waals surface area contributed by atoms with Gasteiger partial charge < -0.3 is 104 Å². The van der Waals surface area contributed by atoms with E-state index < -0.39 is 129 Å². The van der Waals surface area contributed by atoms with Gasteiger partial charge >= 0.3 is 11.9 Å². The molecule has 0 radical (unpaired) electrons. The third kappa shape index (κ3) is 31.8. The summed E-state index contributed by atoms with van der Waals surface area (Å²) >= 11 is 0. The van der Waals surface area contributed by atoms with Crippen LogP contribution in [0.4, 0.5) is 0 Å². The Morgan fingerprint density at radius 2 is 0.418 bits per heavy atom. The number of benzene rings is 13. The van der Waals surface area contributed by atoms with Crippen LogP contribution in [0.2, 0.25) is 0 Å². The van der Waals surface area contributed by atoms with E-state index in [1.54, 1.807) is 24.3 Å². The van der Waals surface area contributed by atoms with E-state index in [0.29, 0.717) is 19.3 Å². The van der Waals surface area contributed by atoms with Crippen molar-refractivity contribution in [3.05, 3.63) is 467 Å². The minimum absolute atomic E-state index is 0.00346. The highest BCUT2D eigenvalue weighted by molar-refractivity contribution is 5.89. The number of rotatable bonds is 55. The van der Waals surface area contributed by atoms with Gasteiger partial charge in [0.25, 0.3) is 0 Å². The highest BCUT2D eigenvalue weighted by atomic mass is 16.8. The summed E-state index contributed by atoms with van der Waals surface area (Å²) in [4.78, 5) is 28.6. The van der Waals surface area contributed by atoms with Gasteiger partial charge in [-0.1, -0.05) is 389 Å². The highest BCUT2D eigenvalue weighted by Crippen LogP contribution is 2.43. The molecule has 17 rings (SSSR count). The molecule has 4 aliphatic heterocycles. The first-order chi connectivity index (χ1) is 72.2. The maximum absolute atomic E-state index is 15.8. The topological polar surface area (TPSA) is 237 Å². The first kappa shape index (κ1) is 105. The van der Waals surface area contributed by atoms with Crippen molar-refractivity contribution in [2.24, 2.45) is 0 Å². The quantitative estimate of drug-likeness (QED) is 0.0254. The Labute approximate surface area is 855 Å². The molecule has 0 unspecified atom stereocenters. The standard InChI is InChI=1S/C122H130O24/c1-125-105(123)70-42-15-43-71-130-119-114(110(135-80-96-60-32-10-33-61-96)106(131-76-92-52-24-6-25-53-92)101(139-119)84-126-72-88-44-16-2-17-45-88)144-121-116(112(137-82-98-64-36-12-37-65-98)108(133-78-94-56-28-8-29-57-94)103(141-121)86-128-74-90-48-20-4-21-49-90)146-122-117(113(138-83-99-66-38-13-39-67-99)109(134-79-95-58-30-9-31-59-95)104(142-122)87-129-75-91-50-22-5-23-51-91)145-120-115(143-118(124)100-68-40-14-41-69-100)111(136-81-97-62-34-11-35-63-97)107(132-77-93-54-26-7-27-55-93)102(140-120)85-127-73-89-46-18-3-19-47-89/h2-14,16-41,44-69,101-104,106-117,119-122H,15,42-43,70-87H2,1H3/t101-,102-,103-,104-,106-,107-,108-,109-,110+,111+,112+,113+,114+,115+,116+,117+,119+,120-,121-,122-/m1/s1. The molecule has 4 fully saturated rings. The molecule has 4 heterocycles. The molecule has 20 atom stereocenters. The zero-order valence-corrected chi connectivity index (χ0v) is 82.2. The van der Waals surface area contributed by atoms with Crippen molar-refractivity contribution < 1.29 is 114 Å². The van der Waals surface area contributed by atoms with E-state index in [-0.39, 0.29) is 130 Å². The fourth-order valence-corrected chi connectivity index (χ4v) is 18.3. The first-order valence-electron chi connectivity index (χ1n) is 50.4. The second kappa shape index (κ2) is 57.4. The van der Waals surface area contributed by atoms with Crippen LogP contribution >= 0.6 is 0 Å². The molecule has 0 amide bonds. The van der Waals surface area contributed by atoms with Gasteiger partial charge in [0, 0.05) is 13.0 Å². The number of unbranched alkanes of at least 4 members (excludes halogenated alkanes) is 2. The lowest BCUT2D eigenvalue weighted by atomic mass is 9.94. The van der Waals surface area contributed by atoms with E-state index in [1.807, 2.05) is 370 Å². The molecule has 4 aliphatic rings. The van der Waals surface area contributed by atoms with Crippen LogP contribution in [-0.4, -0.2) is 175 Å². The Bertz CT molecular complexity index is 5800. The molecular weight excluding hydrogens is 1850 g/mol. The minimum Gasteiger partial charge on any atom is -0.469 e. The number of methoxy groups -OCH3 is 1. The molecule has 0 saturated carbocycles. The molecule has 762 valence electrons. The summed E-state index contributed by atoms with van der Waals surface area (Å²) in [7, 11) is 1.39. The van der Waals surface area contributed by atoms with Crippen molar-refractivity contribution in [2.75, 3.05) is 40.1 Å². The number of hydrogen-bond acceptors (Lipinski definition) is 24. The number of carbonyl (C=O) groups is 2. The highest BCUT2D eigenvalue weighted by Gasteiger charge is 2.60. The first-order valence-corrected chi connectivity index (χ1v) is 50.4. The molecule has 13 aromatic rings. The second-order valence-corrected chi connectivity index (χ2v) is 36.6. The summed E-state index contributed by atoms with van der Waals surface area (Å²) in [6.07, 6.45) is -24.3. The molecule has 0 N–H and O–H groups in total. The fourth-order valence-electron chi connectivity index (χ4n) is 18.3. The molecule has 13 aromatic carbocycles. The van der Waals surface area contributed by atoms with E-state index in [0.717, 1.165) is 66.8 Å². The van der Waals surface area contributed by atoms with Crippen LogP contribution in [-0.2, 0) is 188 Å². The lowest BCUT2D eigenvalue weighted by Gasteiger charge is -2.53. The Morgan fingerprint density at radius 1 is 0.212 bits per heavy atom. The number of hydrogen-bond donors (Lipinski definition) is 0. The van der Waals surface area contributed by atoms with Gasteiger partial charge in [-0.15, -0.1) is 0 Å². The fraction of sp³-hybridized carbons (Fsp3) is 0.344. The summed E-state index contributed by atoms with van der Waals surface area (Å²) in [6.45, 7) is 0.604. The van der Waals surface area contributed by atoms with Crippen molar-refractivity contribution in [3.8, 4) is 0 Å². The van der Waals surface area contributed by atoms with E-state index >= 15 is 4.79 Å². The molecule has 0 spiro atoms. The summed E-state index contributed by atoms with van der Waals surface area (Å²) in [6, 6.07) is 127. The molecule has 4 saturated heterocycles. The van der Waals surface area contributed by atoms with Gasteiger partial charge in [0.1, 0.15) is 91.6 Å². The third-order valence-electron chi connectivity index (χ3n) is 25.9. The van der Waals surface area contributed by atoms with Crippen molar-refractivity contribution in [1.29, 1.82) is 0 Å². The van der Waals surface area contributed by atoms with Crippen molar-refractivity contribution in [3.63, 3.8) is 0 Å². The summed E-state index contributed by atoms with van der Waals surface area (Å²) in [5, 5.41) is 0. The Balaban J connectivity index is 0.870. The van der Waals surface area contributed by atoms with Gasteiger partial charge in [-0.3, -0.25) is 4.79 Å². The average molecular weight is 1980 g/mol. The molecule has 0 bridgehead atoms. The van der Waals surface area contributed by atoms with E-state index in [1.165, 1.54) is 7.11 Å². The van der Waals surface area contributed by atoms with Gasteiger partial charge in [-0.05, 0) is 91.7 Å². The van der Waals surface area contributed by atoms with Crippen molar-refractivity contribution in [1.82, 2.24) is 0 Å². The molecule has 24 nitrogen and oxygen atoms in total. The molecule has 24 heteroatoms. The van der Waals surface area contributed by atoms with E-state index in [4.69, 9.17) is 104 Å². The van der Waals surface area contributed by atoms with Crippen LogP contribution in [0.1, 0.15) is 103 Å². The predicted octanol–water partition coefficient (Wildman–Crippen LogP) is 20.6. The van der Waals surface area contributed by atoms with Crippen LogP contribution in [0.3, 0.4) is 0 Å². The Morgan fingerprint density at radius 3 is 0.664 bits per heavy atom. The lowest BCUT2D eigenvalue weighted by molar-refractivity contribution is -0.416. The number of carbonyl (C=O) groups excluding carboxylic acids is 2. The van der Waals surface area contributed by atoms with Gasteiger partial charge in [-0.2, -0.15) is 0 Å². The molecule has 146 heavy (non-hydrogen) atoms. The maximum Gasteiger partial charge on any atom is 0.338 e. The van der Waals surface area contributed by atoms with E-state index in [9.17, 15) is 4.79 Å². The summed E-state index contributed by atoms with van der Waals surface area (Å²) in [5.74, 6) is -1.05. The zero-order valence-electron chi connectivity index (χ0n) is 82.2. The zero-order chi connectivity index (χ0) is 99.6. The van der Waals surface area contributed by atoms with E-state index in [2.05, 4.69) is 0 Å². The maximum atomic E-state index is 15.8. The normalized spacial score (nSPS) is 24.1. The van der Waals surface area contributed by atoms with Crippen LogP contribution in [0.5, 0.6) is 0 Å².